The van der Waals surface area contributed by atoms with E-state index in [0.29, 0.717) is 5.69 Å². The molecular formula is C10H7F2N3O2. The van der Waals surface area contributed by atoms with Crippen LogP contribution in [0, 0.1) is 0 Å². The Balaban J connectivity index is 2.51. The average Bonchev–Trinajstić information content (AvgIpc) is 2.75. The number of halogens is 2. The van der Waals surface area contributed by atoms with Crippen molar-refractivity contribution in [3.05, 3.63) is 36.2 Å². The number of alkyl halides is 2. The maximum absolute atomic E-state index is 12.5. The summed E-state index contributed by atoms with van der Waals surface area (Å²) in [4.78, 5) is 14.7. The van der Waals surface area contributed by atoms with Crippen LogP contribution in [-0.4, -0.2) is 25.8 Å². The highest BCUT2D eigenvalue weighted by Gasteiger charge is 2.20. The van der Waals surface area contributed by atoms with Gasteiger partial charge in [0.1, 0.15) is 5.69 Å². The van der Waals surface area contributed by atoms with Gasteiger partial charge < -0.3 is 5.11 Å². The number of nitrogens with zero attached hydrogens (tertiary/aromatic N) is 3. The largest absolute Gasteiger partial charge is 0.477 e. The molecule has 0 aromatic carbocycles. The van der Waals surface area contributed by atoms with Gasteiger partial charge in [-0.1, -0.05) is 6.07 Å². The van der Waals surface area contributed by atoms with Crippen LogP contribution in [-0.2, 0) is 0 Å². The molecule has 0 spiro atoms. The van der Waals surface area contributed by atoms with Crippen molar-refractivity contribution in [1.29, 1.82) is 0 Å². The smallest absolute Gasteiger partial charge is 0.354 e. The van der Waals surface area contributed by atoms with E-state index in [0.717, 1.165) is 6.07 Å². The molecule has 1 N–H and O–H groups in total. The van der Waals surface area contributed by atoms with E-state index in [-0.39, 0.29) is 10.4 Å². The highest BCUT2D eigenvalue weighted by Crippen LogP contribution is 2.20. The summed E-state index contributed by atoms with van der Waals surface area (Å²) in [6.07, 6.45) is 1.47. The minimum Gasteiger partial charge on any atom is -0.477 e. The van der Waals surface area contributed by atoms with Crippen LogP contribution in [0.5, 0.6) is 0 Å². The van der Waals surface area contributed by atoms with E-state index in [2.05, 4.69) is 10.1 Å². The van der Waals surface area contributed by atoms with Crippen molar-refractivity contribution in [3.8, 4) is 11.4 Å². The Morgan fingerprint density at radius 1 is 1.35 bits per heavy atom. The Labute approximate surface area is 94.3 Å². The van der Waals surface area contributed by atoms with Crippen LogP contribution in [0.4, 0.5) is 8.78 Å². The summed E-state index contributed by atoms with van der Waals surface area (Å²) in [6.45, 7) is -3.00. The predicted octanol–water partition coefficient (Wildman–Crippen LogP) is 2.04. The van der Waals surface area contributed by atoms with Gasteiger partial charge in [0.2, 0.25) is 0 Å². The Kier molecular flexibility index (Phi) is 2.82. The molecule has 0 amide bonds. The first-order chi connectivity index (χ1) is 8.09. The molecule has 17 heavy (non-hydrogen) atoms. The summed E-state index contributed by atoms with van der Waals surface area (Å²) >= 11 is 0. The van der Waals surface area contributed by atoms with Gasteiger partial charge in [-0.3, -0.25) is 4.98 Å². The monoisotopic (exact) mass is 239 g/mol. The van der Waals surface area contributed by atoms with E-state index in [4.69, 9.17) is 5.11 Å². The third-order valence-electron chi connectivity index (χ3n) is 2.07. The van der Waals surface area contributed by atoms with Crippen LogP contribution >= 0.6 is 0 Å². The van der Waals surface area contributed by atoms with Crippen LogP contribution in [0.1, 0.15) is 17.0 Å². The molecule has 2 heterocycles. The highest BCUT2D eigenvalue weighted by atomic mass is 19.3. The van der Waals surface area contributed by atoms with Gasteiger partial charge in [-0.15, -0.1) is 0 Å². The van der Waals surface area contributed by atoms with Crippen LogP contribution in [0.15, 0.2) is 30.5 Å². The molecular weight excluding hydrogens is 232 g/mol. The summed E-state index contributed by atoms with van der Waals surface area (Å²) < 4.78 is 25.2. The summed E-state index contributed by atoms with van der Waals surface area (Å²) in [5, 5.41) is 12.3. The maximum atomic E-state index is 12.5. The van der Waals surface area contributed by atoms with E-state index in [1.807, 2.05) is 0 Å². The lowest BCUT2D eigenvalue weighted by atomic mass is 10.2. The van der Waals surface area contributed by atoms with Gasteiger partial charge in [-0.2, -0.15) is 18.6 Å². The first-order valence-corrected chi connectivity index (χ1v) is 4.62. The number of carboxylic acids is 1. The first kappa shape index (κ1) is 11.2. The number of hydrogen-bond donors (Lipinski definition) is 1. The second-order valence-electron chi connectivity index (χ2n) is 3.16. The van der Waals surface area contributed by atoms with Gasteiger partial charge >= 0.3 is 12.5 Å². The zero-order valence-electron chi connectivity index (χ0n) is 8.42. The molecule has 0 atom stereocenters. The fourth-order valence-electron chi connectivity index (χ4n) is 1.34. The normalized spacial score (nSPS) is 10.8. The number of aromatic nitrogens is 3. The Morgan fingerprint density at radius 3 is 2.59 bits per heavy atom. The molecule has 0 fully saturated rings. The van der Waals surface area contributed by atoms with Gasteiger partial charge in [-0.05, 0) is 12.1 Å². The number of hydrogen-bond acceptors (Lipinski definition) is 3. The first-order valence-electron chi connectivity index (χ1n) is 4.62. The molecule has 0 radical (unpaired) electrons. The number of pyridine rings is 1. The van der Waals surface area contributed by atoms with E-state index < -0.39 is 18.2 Å². The van der Waals surface area contributed by atoms with Crippen LogP contribution < -0.4 is 0 Å². The molecule has 2 rings (SSSR count). The number of rotatable bonds is 3. The van der Waals surface area contributed by atoms with Gasteiger partial charge in [0.25, 0.3) is 0 Å². The Bertz CT molecular complexity index is 540. The summed E-state index contributed by atoms with van der Waals surface area (Å²) in [6, 6.07) is 5.94. The zero-order valence-corrected chi connectivity index (χ0v) is 8.42. The molecule has 0 bridgehead atoms. The van der Waals surface area contributed by atoms with E-state index in [9.17, 15) is 13.6 Å². The van der Waals surface area contributed by atoms with Crippen molar-refractivity contribution in [2.45, 2.75) is 6.55 Å². The third-order valence-corrected chi connectivity index (χ3v) is 2.07. The van der Waals surface area contributed by atoms with E-state index >= 15 is 0 Å². The zero-order chi connectivity index (χ0) is 12.4. The predicted molar refractivity (Wildman–Crippen MR) is 53.7 cm³/mol. The third kappa shape index (κ3) is 2.12. The molecule has 0 aliphatic carbocycles. The van der Waals surface area contributed by atoms with Gasteiger partial charge in [0, 0.05) is 12.3 Å². The van der Waals surface area contributed by atoms with E-state index in [1.54, 1.807) is 18.2 Å². The van der Waals surface area contributed by atoms with Crippen LogP contribution in [0.25, 0.3) is 11.4 Å². The van der Waals surface area contributed by atoms with Crippen LogP contribution in [0.2, 0.25) is 0 Å². The summed E-state index contributed by atoms with van der Waals surface area (Å²) in [5.74, 6) is -1.46. The summed E-state index contributed by atoms with van der Waals surface area (Å²) in [5.41, 5.74) is -0.127. The van der Waals surface area contributed by atoms with Crippen molar-refractivity contribution in [2.75, 3.05) is 0 Å². The standard InChI is InChI=1S/C10H7F2N3O2/c11-10(12)15-8(9(16)17)5-7(14-15)6-3-1-2-4-13-6/h1-5,10H,(H,16,17). The van der Waals surface area contributed by atoms with Gasteiger partial charge in [-0.25, -0.2) is 4.79 Å². The lowest BCUT2D eigenvalue weighted by Gasteiger charge is -2.00. The molecule has 5 nitrogen and oxygen atoms in total. The second-order valence-corrected chi connectivity index (χ2v) is 3.16. The quantitative estimate of drug-likeness (QED) is 0.889. The van der Waals surface area contributed by atoms with Gasteiger partial charge in [0.05, 0.1) is 5.69 Å². The lowest BCUT2D eigenvalue weighted by molar-refractivity contribution is 0.0440. The lowest BCUT2D eigenvalue weighted by Crippen LogP contribution is -2.10. The molecule has 0 aliphatic heterocycles. The molecule has 0 saturated heterocycles. The van der Waals surface area contributed by atoms with Crippen molar-refractivity contribution < 1.29 is 18.7 Å². The van der Waals surface area contributed by atoms with Gasteiger partial charge in [0.15, 0.2) is 5.69 Å². The molecule has 88 valence electrons. The summed E-state index contributed by atoms with van der Waals surface area (Å²) in [7, 11) is 0. The molecule has 0 unspecified atom stereocenters. The van der Waals surface area contributed by atoms with Crippen molar-refractivity contribution >= 4 is 5.97 Å². The second kappa shape index (κ2) is 4.28. The van der Waals surface area contributed by atoms with Crippen molar-refractivity contribution in [3.63, 3.8) is 0 Å². The van der Waals surface area contributed by atoms with Crippen molar-refractivity contribution in [2.24, 2.45) is 0 Å². The molecule has 2 aromatic rings. The topological polar surface area (TPSA) is 68.0 Å². The number of aromatic carboxylic acids is 1. The SMILES string of the molecule is O=C(O)c1cc(-c2ccccn2)nn1C(F)F. The van der Waals surface area contributed by atoms with Crippen LogP contribution in [0.3, 0.4) is 0 Å². The molecule has 2 aromatic heterocycles. The van der Waals surface area contributed by atoms with E-state index in [1.165, 1.54) is 6.20 Å². The fraction of sp³-hybridized carbons (Fsp3) is 0.100. The Morgan fingerprint density at radius 2 is 2.12 bits per heavy atom. The number of carboxylic acid groups (broad SMARTS) is 1. The highest BCUT2D eigenvalue weighted by molar-refractivity contribution is 5.87. The Hall–Kier alpha value is -2.31. The number of carbonyl (C=O) groups is 1. The molecule has 0 saturated carbocycles. The minimum absolute atomic E-state index is 0.100. The van der Waals surface area contributed by atoms with Crippen molar-refractivity contribution in [1.82, 2.24) is 14.8 Å². The molecule has 0 aliphatic rings. The minimum atomic E-state index is -3.00. The molecule has 7 heteroatoms. The maximum Gasteiger partial charge on any atom is 0.354 e. The fourth-order valence-corrected chi connectivity index (χ4v) is 1.34. The average molecular weight is 239 g/mol.